The summed E-state index contributed by atoms with van der Waals surface area (Å²) in [4.78, 5) is 19.6. The predicted octanol–water partition coefficient (Wildman–Crippen LogP) is 4.11. The third-order valence-electron chi connectivity index (χ3n) is 5.83. The summed E-state index contributed by atoms with van der Waals surface area (Å²) in [6.45, 7) is 11.5. The van der Waals surface area contributed by atoms with Gasteiger partial charge < -0.3 is 19.5 Å². The maximum absolute atomic E-state index is 12.7. The lowest BCUT2D eigenvalue weighted by Crippen LogP contribution is -2.34. The lowest BCUT2D eigenvalue weighted by molar-refractivity contribution is 0.0641. The van der Waals surface area contributed by atoms with E-state index in [9.17, 15) is 4.79 Å². The van der Waals surface area contributed by atoms with Gasteiger partial charge in [0.15, 0.2) is 5.82 Å². The average Bonchev–Trinajstić information content (AvgIpc) is 2.79. The average molecular weight is 417 g/mol. The summed E-state index contributed by atoms with van der Waals surface area (Å²) in [6.07, 6.45) is 1.78. The van der Waals surface area contributed by atoms with Crippen LogP contribution >= 0.6 is 0 Å². The van der Waals surface area contributed by atoms with Crippen molar-refractivity contribution < 1.29 is 4.74 Å². The van der Waals surface area contributed by atoms with Gasteiger partial charge >= 0.3 is 0 Å². The van der Waals surface area contributed by atoms with E-state index in [-0.39, 0.29) is 5.56 Å². The summed E-state index contributed by atoms with van der Waals surface area (Å²) < 4.78 is 6.99. The number of hydrogen-bond acceptors (Lipinski definition) is 5. The molecule has 1 N–H and O–H groups in total. The van der Waals surface area contributed by atoms with Crippen LogP contribution in [0.15, 0.2) is 60.0 Å². The van der Waals surface area contributed by atoms with Crippen LogP contribution in [0.25, 0.3) is 17.0 Å². The first-order valence-electron chi connectivity index (χ1n) is 10.5. The molecular formula is C25H28N4O2. The van der Waals surface area contributed by atoms with Crippen molar-refractivity contribution in [1.82, 2.24) is 14.5 Å². The first-order valence-corrected chi connectivity index (χ1v) is 10.5. The van der Waals surface area contributed by atoms with Crippen molar-refractivity contribution in [2.45, 2.75) is 13.8 Å². The quantitative estimate of drug-likeness (QED) is 0.678. The molecule has 4 rings (SSSR count). The first kappa shape index (κ1) is 20.9. The molecule has 0 saturated carbocycles. The molecule has 1 aliphatic rings. The molecule has 2 heterocycles. The van der Waals surface area contributed by atoms with Gasteiger partial charge in [0.2, 0.25) is 0 Å². The Morgan fingerprint density at radius 1 is 1.10 bits per heavy atom. The molecule has 1 saturated heterocycles. The Bertz CT molecular complexity index is 1160. The second-order valence-corrected chi connectivity index (χ2v) is 7.89. The zero-order valence-corrected chi connectivity index (χ0v) is 18.3. The minimum Gasteiger partial charge on any atom is -0.378 e. The number of nitrogens with one attached hydrogen (secondary N) is 1. The third-order valence-corrected chi connectivity index (χ3v) is 5.83. The van der Waals surface area contributed by atoms with Crippen molar-refractivity contribution in [3.05, 3.63) is 82.3 Å². The summed E-state index contributed by atoms with van der Waals surface area (Å²) in [6, 6.07) is 14.0. The molecule has 3 aromatic rings. The molecule has 0 spiro atoms. The zero-order valence-electron chi connectivity index (χ0n) is 18.3. The predicted molar refractivity (Wildman–Crippen MR) is 126 cm³/mol. The number of anilines is 2. The number of nitrogens with zero attached hydrogens (tertiary/aromatic N) is 3. The van der Waals surface area contributed by atoms with Gasteiger partial charge in [-0.15, -0.1) is 0 Å². The summed E-state index contributed by atoms with van der Waals surface area (Å²) in [7, 11) is 1.75. The van der Waals surface area contributed by atoms with E-state index in [1.807, 2.05) is 36.4 Å². The highest BCUT2D eigenvalue weighted by Gasteiger charge is 2.14. The molecule has 6 heteroatoms. The molecule has 1 fully saturated rings. The number of rotatable bonds is 5. The standard InChI is InChI=1S/C25H28N4O2/c1-17-6-5-7-22(18(17)2)23-16-28(4)25(30)24(27-23)26-21-10-8-20(9-11-21)19(3)29-12-14-31-15-13-29/h5-11,16H,3,12-15H2,1-2,4H3,(H,26,27). The largest absolute Gasteiger partial charge is 0.378 e. The monoisotopic (exact) mass is 416 g/mol. The van der Waals surface area contributed by atoms with E-state index in [0.717, 1.165) is 60.1 Å². The highest BCUT2D eigenvalue weighted by Crippen LogP contribution is 2.25. The Balaban J connectivity index is 1.59. The van der Waals surface area contributed by atoms with Crippen LogP contribution in [0.1, 0.15) is 16.7 Å². The fraction of sp³-hybridized carbons (Fsp3) is 0.280. The molecule has 0 atom stereocenters. The van der Waals surface area contributed by atoms with Crippen LogP contribution in [0.2, 0.25) is 0 Å². The number of hydrogen-bond donors (Lipinski definition) is 1. The lowest BCUT2D eigenvalue weighted by Gasteiger charge is -2.30. The topological polar surface area (TPSA) is 59.4 Å². The van der Waals surface area contributed by atoms with Crippen molar-refractivity contribution in [3.63, 3.8) is 0 Å². The summed E-state index contributed by atoms with van der Waals surface area (Å²) in [5.74, 6) is 0.306. The third kappa shape index (κ3) is 4.39. The Labute approximate surface area is 182 Å². The first-order chi connectivity index (χ1) is 14.9. The number of ether oxygens (including phenoxy) is 1. The maximum Gasteiger partial charge on any atom is 0.293 e. The Kier molecular flexibility index (Phi) is 5.91. The maximum atomic E-state index is 12.7. The van der Waals surface area contributed by atoms with E-state index >= 15 is 0 Å². The smallest absolute Gasteiger partial charge is 0.293 e. The number of aromatic nitrogens is 2. The van der Waals surface area contributed by atoms with Crippen LogP contribution < -0.4 is 10.9 Å². The second kappa shape index (κ2) is 8.78. The zero-order chi connectivity index (χ0) is 22.0. The highest BCUT2D eigenvalue weighted by atomic mass is 16.5. The van der Waals surface area contributed by atoms with Crippen molar-refractivity contribution in [2.75, 3.05) is 31.6 Å². The molecule has 2 aromatic carbocycles. The summed E-state index contributed by atoms with van der Waals surface area (Å²) in [5, 5.41) is 3.20. The van der Waals surface area contributed by atoms with E-state index in [0.29, 0.717) is 5.82 Å². The normalized spacial score (nSPS) is 13.8. The van der Waals surface area contributed by atoms with Gasteiger partial charge in [-0.25, -0.2) is 4.98 Å². The Hall–Kier alpha value is -3.38. The van der Waals surface area contributed by atoms with Crippen LogP contribution in [0, 0.1) is 13.8 Å². The van der Waals surface area contributed by atoms with Crippen LogP contribution in [-0.4, -0.2) is 40.8 Å². The molecule has 0 radical (unpaired) electrons. The van der Waals surface area contributed by atoms with Gasteiger partial charge in [-0.3, -0.25) is 4.79 Å². The van der Waals surface area contributed by atoms with E-state index in [2.05, 4.69) is 41.7 Å². The van der Waals surface area contributed by atoms with Gasteiger partial charge in [-0.2, -0.15) is 0 Å². The summed E-state index contributed by atoms with van der Waals surface area (Å²) in [5.41, 5.74) is 6.82. The number of benzene rings is 2. The van der Waals surface area contributed by atoms with E-state index in [4.69, 9.17) is 4.74 Å². The van der Waals surface area contributed by atoms with Crippen molar-refractivity contribution in [1.29, 1.82) is 0 Å². The van der Waals surface area contributed by atoms with E-state index in [1.54, 1.807) is 17.8 Å². The van der Waals surface area contributed by atoms with Crippen LogP contribution in [-0.2, 0) is 11.8 Å². The Morgan fingerprint density at radius 2 is 1.81 bits per heavy atom. The Morgan fingerprint density at radius 3 is 2.52 bits per heavy atom. The van der Waals surface area contributed by atoms with Crippen LogP contribution in [0.5, 0.6) is 0 Å². The fourth-order valence-electron chi connectivity index (χ4n) is 3.74. The fourth-order valence-corrected chi connectivity index (χ4v) is 3.74. The highest BCUT2D eigenvalue weighted by molar-refractivity contribution is 5.68. The molecule has 1 aromatic heterocycles. The minimum atomic E-state index is -0.171. The molecule has 6 nitrogen and oxygen atoms in total. The van der Waals surface area contributed by atoms with Gasteiger partial charge in [-0.05, 0) is 42.7 Å². The van der Waals surface area contributed by atoms with Gasteiger partial charge in [-0.1, -0.05) is 36.9 Å². The number of aryl methyl sites for hydroxylation is 2. The van der Waals surface area contributed by atoms with Crippen LogP contribution in [0.3, 0.4) is 0 Å². The SMILES string of the molecule is C=C(c1ccc(Nc2nc(-c3cccc(C)c3C)cn(C)c2=O)cc1)N1CCOCC1. The van der Waals surface area contributed by atoms with Crippen molar-refractivity contribution in [2.24, 2.45) is 7.05 Å². The molecule has 0 amide bonds. The van der Waals surface area contributed by atoms with Crippen molar-refractivity contribution >= 4 is 17.2 Å². The second-order valence-electron chi connectivity index (χ2n) is 7.89. The van der Waals surface area contributed by atoms with Crippen LogP contribution in [0.4, 0.5) is 11.5 Å². The van der Waals surface area contributed by atoms with Gasteiger partial charge in [0, 0.05) is 43.3 Å². The molecule has 0 aliphatic carbocycles. The molecule has 0 unspecified atom stereocenters. The minimum absolute atomic E-state index is 0.171. The van der Waals surface area contributed by atoms with Gasteiger partial charge in [0.1, 0.15) is 0 Å². The molecule has 31 heavy (non-hydrogen) atoms. The number of morpholine rings is 1. The van der Waals surface area contributed by atoms with Gasteiger partial charge in [0.05, 0.1) is 18.9 Å². The summed E-state index contributed by atoms with van der Waals surface area (Å²) >= 11 is 0. The molecule has 0 bridgehead atoms. The van der Waals surface area contributed by atoms with Gasteiger partial charge in [0.25, 0.3) is 5.56 Å². The van der Waals surface area contributed by atoms with Crippen molar-refractivity contribution in [3.8, 4) is 11.3 Å². The van der Waals surface area contributed by atoms with E-state index in [1.165, 1.54) is 5.56 Å². The molecule has 160 valence electrons. The molecule has 1 aliphatic heterocycles. The van der Waals surface area contributed by atoms with E-state index < -0.39 is 0 Å². The molecular weight excluding hydrogens is 388 g/mol. The lowest BCUT2D eigenvalue weighted by atomic mass is 10.0.